The van der Waals surface area contributed by atoms with Gasteiger partial charge in [-0.05, 0) is 48.0 Å². The van der Waals surface area contributed by atoms with E-state index in [9.17, 15) is 0 Å². The van der Waals surface area contributed by atoms with Gasteiger partial charge in [0, 0.05) is 36.7 Å². The highest BCUT2D eigenvalue weighted by atomic mass is 32.1. The number of nitrogens with two attached hydrogens (primary N) is 1. The van der Waals surface area contributed by atoms with Gasteiger partial charge in [-0.3, -0.25) is 10.3 Å². The molecule has 3 saturated carbocycles. The zero-order chi connectivity index (χ0) is 21.3. The molecule has 2 atom stereocenters. The summed E-state index contributed by atoms with van der Waals surface area (Å²) in [6, 6.07) is 21.9. The molecule has 6 rings (SSSR count). The number of morpholine rings is 1. The zero-order valence-electron chi connectivity index (χ0n) is 17.7. The van der Waals surface area contributed by atoms with Crippen LogP contribution in [0.4, 0.5) is 0 Å². The van der Waals surface area contributed by atoms with E-state index in [1.165, 1.54) is 16.8 Å². The first-order valence-corrected chi connectivity index (χ1v) is 11.6. The summed E-state index contributed by atoms with van der Waals surface area (Å²) in [5, 5.41) is 5.02. The summed E-state index contributed by atoms with van der Waals surface area (Å²) in [7, 11) is 0. The van der Waals surface area contributed by atoms with E-state index in [1.54, 1.807) is 0 Å². The van der Waals surface area contributed by atoms with E-state index in [0.29, 0.717) is 17.8 Å². The van der Waals surface area contributed by atoms with Gasteiger partial charge in [-0.2, -0.15) is 5.10 Å². The second-order valence-corrected chi connectivity index (χ2v) is 9.49. The number of benzene rings is 2. The topological polar surface area (TPSA) is 62.9 Å². The second-order valence-electron chi connectivity index (χ2n) is 9.05. The molecule has 2 aromatic carbocycles. The summed E-state index contributed by atoms with van der Waals surface area (Å²) < 4.78 is 5.70. The largest absolute Gasteiger partial charge is 0.379 e. The minimum atomic E-state index is 0.0658. The first-order valence-electron chi connectivity index (χ1n) is 11.2. The van der Waals surface area contributed by atoms with Gasteiger partial charge in [0.1, 0.15) is 0 Å². The lowest BCUT2D eigenvalue weighted by Crippen LogP contribution is -2.63. The molecular weight excluding hydrogens is 404 g/mol. The highest BCUT2D eigenvalue weighted by Crippen LogP contribution is 2.58. The van der Waals surface area contributed by atoms with Crippen LogP contribution in [-0.2, 0) is 4.74 Å². The van der Waals surface area contributed by atoms with Crippen molar-refractivity contribution in [2.24, 2.45) is 16.8 Å². The minimum absolute atomic E-state index is 0.0658. The van der Waals surface area contributed by atoms with Crippen LogP contribution in [0.5, 0.6) is 0 Å². The number of ether oxygens (including phenoxy) is 1. The molecule has 0 amide bonds. The summed E-state index contributed by atoms with van der Waals surface area (Å²) in [5.41, 5.74) is 12.7. The van der Waals surface area contributed by atoms with Gasteiger partial charge in [0.25, 0.3) is 0 Å². The van der Waals surface area contributed by atoms with Crippen LogP contribution in [0.2, 0.25) is 0 Å². The van der Waals surface area contributed by atoms with Crippen LogP contribution in [-0.4, -0.2) is 47.6 Å². The van der Waals surface area contributed by atoms with Crippen molar-refractivity contribution in [3.8, 4) is 0 Å². The van der Waals surface area contributed by atoms with Gasteiger partial charge in [0.2, 0.25) is 0 Å². The molecular formula is C25H30N4OS. The summed E-state index contributed by atoms with van der Waals surface area (Å²) in [6.45, 7) is 3.55. The van der Waals surface area contributed by atoms with Crippen LogP contribution in [0.15, 0.2) is 65.8 Å². The van der Waals surface area contributed by atoms with Gasteiger partial charge in [0.05, 0.1) is 13.2 Å². The molecule has 4 aliphatic rings. The molecule has 0 spiro atoms. The third kappa shape index (κ3) is 4.00. The number of thiocarbonyl (C=S) groups is 1. The van der Waals surface area contributed by atoms with E-state index in [1.807, 2.05) is 0 Å². The highest BCUT2D eigenvalue weighted by Gasteiger charge is 2.56. The Hall–Kier alpha value is -2.28. The molecule has 1 heterocycles. The minimum Gasteiger partial charge on any atom is -0.379 e. The molecule has 2 aromatic rings. The quantitative estimate of drug-likeness (QED) is 0.568. The van der Waals surface area contributed by atoms with Crippen molar-refractivity contribution in [2.45, 2.75) is 36.6 Å². The average molecular weight is 435 g/mol. The van der Waals surface area contributed by atoms with Crippen molar-refractivity contribution in [1.82, 2.24) is 10.3 Å². The SMILES string of the molecule is NC(=S)N/N=C1\CC2(N3CCOCC3)C[C@@H](c3ccccc3)C1[C@H](c1ccccc1)C2. The molecule has 0 unspecified atom stereocenters. The standard InChI is InChI=1S/C25H30N4OS/c26-24(31)28-27-22-17-25(29-11-13-30-14-12-29)15-20(18-7-3-1-4-8-18)23(22)21(16-25)19-9-5-2-6-10-19/h1-10,20-21,23H,11-17H2,(H3,26,28,31)/b27-22+/t20-,21-,23?,25?/m0/s1. The summed E-state index contributed by atoms with van der Waals surface area (Å²) >= 11 is 5.08. The van der Waals surface area contributed by atoms with Gasteiger partial charge >= 0.3 is 0 Å². The Balaban J connectivity index is 1.63. The number of rotatable bonds is 4. The van der Waals surface area contributed by atoms with Crippen molar-refractivity contribution in [2.75, 3.05) is 26.3 Å². The first kappa shape index (κ1) is 20.6. The normalized spacial score (nSPS) is 32.1. The fourth-order valence-corrected chi connectivity index (χ4v) is 6.25. The van der Waals surface area contributed by atoms with Crippen molar-refractivity contribution in [3.63, 3.8) is 0 Å². The number of nitrogens with one attached hydrogen (secondary N) is 1. The Kier molecular flexibility index (Phi) is 5.78. The van der Waals surface area contributed by atoms with Gasteiger partial charge in [-0.15, -0.1) is 0 Å². The van der Waals surface area contributed by atoms with Gasteiger partial charge in [-0.25, -0.2) is 0 Å². The predicted octanol–water partition coefficient (Wildman–Crippen LogP) is 3.63. The monoisotopic (exact) mass is 434 g/mol. The van der Waals surface area contributed by atoms with Crippen LogP contribution < -0.4 is 11.2 Å². The Morgan fingerprint density at radius 3 is 2.03 bits per heavy atom. The third-order valence-corrected chi connectivity index (χ3v) is 7.50. The van der Waals surface area contributed by atoms with E-state index < -0.39 is 0 Å². The molecule has 1 saturated heterocycles. The molecule has 3 aliphatic carbocycles. The second kappa shape index (κ2) is 8.69. The highest BCUT2D eigenvalue weighted by molar-refractivity contribution is 7.80. The van der Waals surface area contributed by atoms with Gasteiger partial charge in [-0.1, -0.05) is 60.7 Å². The van der Waals surface area contributed by atoms with Crippen LogP contribution >= 0.6 is 12.2 Å². The van der Waals surface area contributed by atoms with Crippen molar-refractivity contribution < 1.29 is 4.74 Å². The molecule has 1 aliphatic heterocycles. The lowest BCUT2D eigenvalue weighted by atomic mass is 9.52. The van der Waals surface area contributed by atoms with Gasteiger partial charge in [0.15, 0.2) is 5.11 Å². The van der Waals surface area contributed by atoms with Crippen molar-refractivity contribution >= 4 is 23.0 Å². The number of hydrogen-bond acceptors (Lipinski definition) is 4. The predicted molar refractivity (Wildman–Crippen MR) is 128 cm³/mol. The molecule has 6 heteroatoms. The molecule has 0 radical (unpaired) electrons. The van der Waals surface area contributed by atoms with Crippen LogP contribution in [0.3, 0.4) is 0 Å². The fourth-order valence-electron chi connectivity index (χ4n) is 6.20. The molecule has 0 aromatic heterocycles. The zero-order valence-corrected chi connectivity index (χ0v) is 18.6. The molecule has 3 N–H and O–H groups in total. The third-order valence-electron chi connectivity index (χ3n) is 7.41. The Labute approximate surface area is 189 Å². The smallest absolute Gasteiger partial charge is 0.184 e. The molecule has 31 heavy (non-hydrogen) atoms. The molecule has 4 fully saturated rings. The van der Waals surface area contributed by atoms with E-state index >= 15 is 0 Å². The van der Waals surface area contributed by atoms with E-state index in [0.717, 1.165) is 45.6 Å². The maximum absolute atomic E-state index is 5.76. The Bertz CT molecular complexity index is 893. The maximum atomic E-state index is 5.76. The molecule has 162 valence electrons. The van der Waals surface area contributed by atoms with Crippen molar-refractivity contribution in [1.29, 1.82) is 0 Å². The van der Waals surface area contributed by atoms with E-state index in [4.69, 9.17) is 27.8 Å². The maximum Gasteiger partial charge on any atom is 0.184 e. The van der Waals surface area contributed by atoms with E-state index in [2.05, 4.69) is 71.0 Å². The number of fused-ring (bicyclic) bond motifs is 3. The van der Waals surface area contributed by atoms with Crippen LogP contribution in [0, 0.1) is 5.92 Å². The molecule has 5 nitrogen and oxygen atoms in total. The van der Waals surface area contributed by atoms with E-state index in [-0.39, 0.29) is 10.7 Å². The number of nitrogens with zero attached hydrogens (tertiary/aromatic N) is 2. The first-order chi connectivity index (χ1) is 15.2. The fraction of sp³-hybridized carbons (Fsp3) is 0.440. The van der Waals surface area contributed by atoms with Crippen LogP contribution in [0.1, 0.15) is 42.2 Å². The summed E-state index contributed by atoms with van der Waals surface area (Å²) in [6.07, 6.45) is 3.26. The van der Waals surface area contributed by atoms with Crippen molar-refractivity contribution in [3.05, 3.63) is 71.8 Å². The Morgan fingerprint density at radius 1 is 0.968 bits per heavy atom. The lowest BCUT2D eigenvalue weighted by Gasteiger charge is -2.60. The summed E-state index contributed by atoms with van der Waals surface area (Å²) in [5.74, 6) is 1.14. The number of hydrazone groups is 1. The lowest BCUT2D eigenvalue weighted by molar-refractivity contribution is -0.0539. The average Bonchev–Trinajstić information content (AvgIpc) is 2.84. The Morgan fingerprint density at radius 2 is 1.52 bits per heavy atom. The number of hydrogen-bond donors (Lipinski definition) is 2. The molecule has 2 bridgehead atoms. The summed E-state index contributed by atoms with van der Waals surface area (Å²) in [4.78, 5) is 2.67. The van der Waals surface area contributed by atoms with Gasteiger partial charge < -0.3 is 10.5 Å². The van der Waals surface area contributed by atoms with Crippen LogP contribution in [0.25, 0.3) is 0 Å².